The molecule has 2 aromatic carbocycles. The number of benzene rings is 2. The van der Waals surface area contributed by atoms with Crippen LogP contribution in [0, 0.1) is 11.3 Å². The zero-order valence-electron chi connectivity index (χ0n) is 13.4. The van der Waals surface area contributed by atoms with Crippen molar-refractivity contribution in [1.29, 1.82) is 5.26 Å². The molecule has 0 heterocycles. The van der Waals surface area contributed by atoms with E-state index in [1.54, 1.807) is 36.4 Å². The van der Waals surface area contributed by atoms with Gasteiger partial charge in [-0.3, -0.25) is 0 Å². The number of nitriles is 1. The summed E-state index contributed by atoms with van der Waals surface area (Å²) < 4.78 is 28.3. The molecule has 7 heteroatoms. The minimum absolute atomic E-state index is 0.171. The molecular formula is C17H17N3O3S. The van der Waals surface area contributed by atoms with Gasteiger partial charge in [-0.15, -0.1) is 0 Å². The molecule has 0 aliphatic carbocycles. The predicted octanol–water partition coefficient (Wildman–Crippen LogP) is 3.51. The number of ether oxygens (including phenoxy) is 1. The summed E-state index contributed by atoms with van der Waals surface area (Å²) in [7, 11) is -3.20. The van der Waals surface area contributed by atoms with Crippen LogP contribution in [0.4, 0.5) is 5.69 Å². The fourth-order valence-corrected chi connectivity index (χ4v) is 2.43. The van der Waals surface area contributed by atoms with Crippen molar-refractivity contribution in [1.82, 2.24) is 0 Å². The molecule has 0 radical (unpaired) electrons. The first-order chi connectivity index (χ1) is 11.4. The molecule has 0 fully saturated rings. The molecular weight excluding hydrogens is 326 g/mol. The molecule has 24 heavy (non-hydrogen) atoms. The lowest BCUT2D eigenvalue weighted by atomic mass is 10.2. The van der Waals surface area contributed by atoms with Gasteiger partial charge in [0.1, 0.15) is 18.4 Å². The standard InChI is InChI=1S/C17H17N3O3S/c1-13(19-20-15-5-3-14(11-18)4-6-15)12-23-16-7-9-17(10-8-16)24(2,21)22/h3-10,13H,12H2,1-2H3. The maximum Gasteiger partial charge on any atom is 0.175 e. The molecule has 0 amide bonds. The van der Waals surface area contributed by atoms with E-state index in [0.717, 1.165) is 6.26 Å². The molecule has 0 bridgehead atoms. The minimum Gasteiger partial charge on any atom is -0.491 e. The van der Waals surface area contributed by atoms with E-state index in [4.69, 9.17) is 10.00 Å². The highest BCUT2D eigenvalue weighted by atomic mass is 32.2. The molecule has 0 aromatic heterocycles. The van der Waals surface area contributed by atoms with E-state index in [1.807, 2.05) is 13.0 Å². The first-order valence-electron chi connectivity index (χ1n) is 7.22. The van der Waals surface area contributed by atoms with Crippen LogP contribution >= 0.6 is 0 Å². The Labute approximate surface area is 141 Å². The molecule has 2 aromatic rings. The van der Waals surface area contributed by atoms with Gasteiger partial charge >= 0.3 is 0 Å². The predicted molar refractivity (Wildman–Crippen MR) is 90.2 cm³/mol. The summed E-state index contributed by atoms with van der Waals surface area (Å²) in [6.07, 6.45) is 1.16. The van der Waals surface area contributed by atoms with E-state index in [1.165, 1.54) is 12.1 Å². The number of nitrogens with zero attached hydrogens (tertiary/aromatic N) is 3. The molecule has 0 aliphatic rings. The lowest BCUT2D eigenvalue weighted by Gasteiger charge is -2.09. The molecule has 1 unspecified atom stereocenters. The average molecular weight is 343 g/mol. The maximum atomic E-state index is 11.4. The summed E-state index contributed by atoms with van der Waals surface area (Å²) in [5.74, 6) is 0.572. The van der Waals surface area contributed by atoms with Crippen LogP contribution in [0.3, 0.4) is 0 Å². The third-order valence-corrected chi connectivity index (χ3v) is 4.24. The number of rotatable bonds is 6. The van der Waals surface area contributed by atoms with Crippen LogP contribution in [-0.2, 0) is 9.84 Å². The second-order valence-electron chi connectivity index (χ2n) is 5.28. The van der Waals surface area contributed by atoms with Gasteiger partial charge in [-0.25, -0.2) is 8.42 Å². The fraction of sp³-hybridized carbons (Fsp3) is 0.235. The number of sulfone groups is 1. The van der Waals surface area contributed by atoms with Gasteiger partial charge in [0.25, 0.3) is 0 Å². The zero-order chi connectivity index (χ0) is 17.6. The third-order valence-electron chi connectivity index (χ3n) is 3.11. The van der Waals surface area contributed by atoms with Crippen molar-refractivity contribution >= 4 is 15.5 Å². The number of azo groups is 1. The van der Waals surface area contributed by atoms with Crippen molar-refractivity contribution in [3.05, 3.63) is 54.1 Å². The van der Waals surface area contributed by atoms with Crippen molar-refractivity contribution < 1.29 is 13.2 Å². The number of hydrogen-bond donors (Lipinski definition) is 0. The smallest absolute Gasteiger partial charge is 0.175 e. The fourth-order valence-electron chi connectivity index (χ4n) is 1.80. The monoisotopic (exact) mass is 343 g/mol. The van der Waals surface area contributed by atoms with Gasteiger partial charge in [0.15, 0.2) is 9.84 Å². The quantitative estimate of drug-likeness (QED) is 0.750. The van der Waals surface area contributed by atoms with E-state index in [9.17, 15) is 8.42 Å². The Hall–Kier alpha value is -2.72. The van der Waals surface area contributed by atoms with Gasteiger partial charge in [-0.1, -0.05) is 0 Å². The summed E-state index contributed by atoms with van der Waals surface area (Å²) in [5, 5.41) is 17.0. The van der Waals surface area contributed by atoms with Crippen molar-refractivity contribution in [3.8, 4) is 11.8 Å². The van der Waals surface area contributed by atoms with Crippen molar-refractivity contribution in [2.24, 2.45) is 10.2 Å². The van der Waals surface area contributed by atoms with Gasteiger partial charge in [-0.2, -0.15) is 15.5 Å². The second-order valence-corrected chi connectivity index (χ2v) is 7.29. The zero-order valence-corrected chi connectivity index (χ0v) is 14.2. The van der Waals surface area contributed by atoms with Crippen molar-refractivity contribution in [2.75, 3.05) is 12.9 Å². The molecule has 0 N–H and O–H groups in total. The molecule has 0 saturated carbocycles. The topological polar surface area (TPSA) is 91.9 Å². The first-order valence-corrected chi connectivity index (χ1v) is 9.11. The molecule has 0 spiro atoms. The maximum absolute atomic E-state index is 11.4. The van der Waals surface area contributed by atoms with Crippen LogP contribution in [0.15, 0.2) is 63.7 Å². The van der Waals surface area contributed by atoms with Gasteiger partial charge in [0.05, 0.1) is 22.2 Å². The van der Waals surface area contributed by atoms with E-state index >= 15 is 0 Å². The molecule has 124 valence electrons. The Morgan fingerprint density at radius 2 is 1.75 bits per heavy atom. The van der Waals surface area contributed by atoms with Gasteiger partial charge in [-0.05, 0) is 55.5 Å². The summed E-state index contributed by atoms with van der Waals surface area (Å²) in [5.41, 5.74) is 1.24. The SMILES string of the molecule is CC(COc1ccc(S(C)(=O)=O)cc1)N=Nc1ccc(C#N)cc1. The summed E-state index contributed by atoms with van der Waals surface area (Å²) in [4.78, 5) is 0.253. The Morgan fingerprint density at radius 3 is 2.29 bits per heavy atom. The molecule has 2 rings (SSSR count). The third kappa shape index (κ3) is 5.18. The summed E-state index contributed by atoms with van der Waals surface area (Å²) >= 11 is 0. The van der Waals surface area contributed by atoms with Crippen molar-refractivity contribution in [2.45, 2.75) is 17.9 Å². The van der Waals surface area contributed by atoms with Crippen LogP contribution in [0.2, 0.25) is 0 Å². The lowest BCUT2D eigenvalue weighted by molar-refractivity contribution is 0.293. The van der Waals surface area contributed by atoms with Crippen LogP contribution in [0.1, 0.15) is 12.5 Å². The minimum atomic E-state index is -3.20. The molecule has 1 atom stereocenters. The van der Waals surface area contributed by atoms with Gasteiger partial charge in [0, 0.05) is 6.26 Å². The van der Waals surface area contributed by atoms with Gasteiger partial charge < -0.3 is 4.74 Å². The van der Waals surface area contributed by atoms with E-state index in [0.29, 0.717) is 23.6 Å². The van der Waals surface area contributed by atoms with Crippen molar-refractivity contribution in [3.63, 3.8) is 0 Å². The first kappa shape index (κ1) is 17.6. The van der Waals surface area contributed by atoms with E-state index in [-0.39, 0.29) is 10.9 Å². The highest BCUT2D eigenvalue weighted by Crippen LogP contribution is 2.17. The van der Waals surface area contributed by atoms with Crippen LogP contribution in [0.5, 0.6) is 5.75 Å². The van der Waals surface area contributed by atoms with Crippen LogP contribution in [0.25, 0.3) is 0 Å². The molecule has 0 aliphatic heterocycles. The van der Waals surface area contributed by atoms with Gasteiger partial charge in [0.2, 0.25) is 0 Å². The second kappa shape index (κ2) is 7.70. The largest absolute Gasteiger partial charge is 0.491 e. The normalized spacial score (nSPS) is 12.7. The van der Waals surface area contributed by atoms with Crippen LogP contribution in [-0.4, -0.2) is 27.3 Å². The summed E-state index contributed by atoms with van der Waals surface area (Å²) in [6, 6.07) is 14.9. The van der Waals surface area contributed by atoms with E-state index in [2.05, 4.69) is 10.2 Å². The Morgan fingerprint density at radius 1 is 1.12 bits per heavy atom. The summed E-state index contributed by atoms with van der Waals surface area (Å²) in [6.45, 7) is 2.18. The average Bonchev–Trinajstić information content (AvgIpc) is 2.58. The number of hydrogen-bond acceptors (Lipinski definition) is 6. The molecule has 6 nitrogen and oxygen atoms in total. The highest BCUT2D eigenvalue weighted by Gasteiger charge is 2.07. The van der Waals surface area contributed by atoms with E-state index < -0.39 is 9.84 Å². The Balaban J connectivity index is 1.89. The lowest BCUT2D eigenvalue weighted by Crippen LogP contribution is -2.11. The van der Waals surface area contributed by atoms with Crippen LogP contribution < -0.4 is 4.74 Å². The molecule has 0 saturated heterocycles. The Kier molecular flexibility index (Phi) is 5.66. The highest BCUT2D eigenvalue weighted by molar-refractivity contribution is 7.90. The Bertz CT molecular complexity index is 851.